The zero-order valence-corrected chi connectivity index (χ0v) is 21.6. The minimum absolute atomic E-state index is 0.191. The molecular formula is C31H31NO7. The quantitative estimate of drug-likeness (QED) is 0.346. The van der Waals surface area contributed by atoms with Crippen LogP contribution in [0.2, 0.25) is 0 Å². The molecule has 6 atom stereocenters. The smallest absolute Gasteiger partial charge is 0.331 e. The van der Waals surface area contributed by atoms with E-state index in [1.54, 1.807) is 6.08 Å². The molecule has 1 amide bonds. The number of carbonyl (C=O) groups excluding carboxylic acids is 2. The number of hydrogen-bond acceptors (Lipinski definition) is 7. The third kappa shape index (κ3) is 6.99. The molecule has 39 heavy (non-hydrogen) atoms. The van der Waals surface area contributed by atoms with Gasteiger partial charge in [-0.2, -0.15) is 0 Å². The van der Waals surface area contributed by atoms with Crippen LogP contribution in [0.15, 0.2) is 97.1 Å². The second-order valence-corrected chi connectivity index (χ2v) is 9.39. The lowest BCUT2D eigenvalue weighted by Crippen LogP contribution is -2.67. The summed E-state index contributed by atoms with van der Waals surface area (Å²) < 4.78 is 30.7. The van der Waals surface area contributed by atoms with Gasteiger partial charge in [-0.1, -0.05) is 91.0 Å². The molecule has 5 rings (SSSR count). The van der Waals surface area contributed by atoms with Crippen molar-refractivity contribution in [3.63, 3.8) is 0 Å². The predicted molar refractivity (Wildman–Crippen MR) is 143 cm³/mol. The Kier molecular flexibility index (Phi) is 8.80. The van der Waals surface area contributed by atoms with Gasteiger partial charge in [-0.15, -0.1) is 0 Å². The Hall–Kier alpha value is -3.82. The molecular weight excluding hydrogens is 498 g/mol. The van der Waals surface area contributed by atoms with Gasteiger partial charge in [0.05, 0.1) is 13.2 Å². The maximum absolute atomic E-state index is 13.0. The first-order valence-electron chi connectivity index (χ1n) is 12.9. The van der Waals surface area contributed by atoms with Crippen LogP contribution in [0.25, 0.3) is 6.08 Å². The van der Waals surface area contributed by atoms with E-state index in [0.29, 0.717) is 0 Å². The number of rotatable bonds is 8. The lowest BCUT2D eigenvalue weighted by Gasteiger charge is -2.48. The van der Waals surface area contributed by atoms with Crippen molar-refractivity contribution in [1.29, 1.82) is 0 Å². The molecule has 1 N–H and O–H groups in total. The van der Waals surface area contributed by atoms with Crippen LogP contribution >= 0.6 is 0 Å². The van der Waals surface area contributed by atoms with Crippen molar-refractivity contribution >= 4 is 18.0 Å². The Labute approximate surface area is 227 Å². The first-order valence-corrected chi connectivity index (χ1v) is 12.9. The number of carbonyl (C=O) groups is 2. The third-order valence-electron chi connectivity index (χ3n) is 6.50. The fourth-order valence-corrected chi connectivity index (χ4v) is 4.68. The average Bonchev–Trinajstić information content (AvgIpc) is 2.97. The molecule has 3 aromatic carbocycles. The molecule has 0 spiro atoms. The maximum Gasteiger partial charge on any atom is 0.331 e. The third-order valence-corrected chi connectivity index (χ3v) is 6.50. The Morgan fingerprint density at radius 1 is 0.923 bits per heavy atom. The van der Waals surface area contributed by atoms with Crippen LogP contribution in [0.3, 0.4) is 0 Å². The van der Waals surface area contributed by atoms with Gasteiger partial charge >= 0.3 is 5.97 Å². The van der Waals surface area contributed by atoms with Gasteiger partial charge in [0.25, 0.3) is 0 Å². The van der Waals surface area contributed by atoms with Gasteiger partial charge < -0.3 is 29.0 Å². The molecule has 8 nitrogen and oxygen atoms in total. The molecule has 0 radical (unpaired) electrons. The fourth-order valence-electron chi connectivity index (χ4n) is 4.68. The Balaban J connectivity index is 1.40. The molecule has 2 heterocycles. The second kappa shape index (κ2) is 12.8. The maximum atomic E-state index is 13.0. The van der Waals surface area contributed by atoms with E-state index in [-0.39, 0.29) is 19.1 Å². The highest BCUT2D eigenvalue weighted by molar-refractivity contribution is 5.87. The van der Waals surface area contributed by atoms with E-state index in [1.165, 1.54) is 13.0 Å². The summed E-state index contributed by atoms with van der Waals surface area (Å²) in [5.74, 6) is -0.893. The topological polar surface area (TPSA) is 92.3 Å². The van der Waals surface area contributed by atoms with Crippen LogP contribution in [-0.2, 0) is 39.9 Å². The van der Waals surface area contributed by atoms with Crippen molar-refractivity contribution in [2.45, 2.75) is 50.5 Å². The second-order valence-electron chi connectivity index (χ2n) is 9.39. The van der Waals surface area contributed by atoms with Crippen molar-refractivity contribution in [2.75, 3.05) is 6.61 Å². The molecule has 0 aromatic heterocycles. The number of esters is 1. The molecule has 0 unspecified atom stereocenters. The molecule has 8 heteroatoms. The molecule has 2 aliphatic heterocycles. The zero-order chi connectivity index (χ0) is 27.0. The molecule has 0 bridgehead atoms. The Bertz CT molecular complexity index is 1250. The van der Waals surface area contributed by atoms with Crippen molar-refractivity contribution < 1.29 is 33.3 Å². The molecule has 0 aliphatic carbocycles. The van der Waals surface area contributed by atoms with Crippen molar-refractivity contribution in [3.8, 4) is 0 Å². The Morgan fingerprint density at radius 3 is 2.28 bits per heavy atom. The normalized spacial score (nSPS) is 26.5. The van der Waals surface area contributed by atoms with Crippen LogP contribution in [0, 0.1) is 0 Å². The molecule has 202 valence electrons. The number of fused-ring (bicyclic) bond motifs is 1. The van der Waals surface area contributed by atoms with Gasteiger partial charge in [-0.05, 0) is 17.2 Å². The van der Waals surface area contributed by atoms with Gasteiger partial charge in [0.15, 0.2) is 18.7 Å². The summed E-state index contributed by atoms with van der Waals surface area (Å²) in [6, 6.07) is 27.7. The molecule has 3 aromatic rings. The van der Waals surface area contributed by atoms with Gasteiger partial charge in [-0.3, -0.25) is 4.79 Å². The first-order chi connectivity index (χ1) is 19.1. The van der Waals surface area contributed by atoms with E-state index in [2.05, 4.69) is 5.32 Å². The fraction of sp³-hybridized carbons (Fsp3) is 0.290. The van der Waals surface area contributed by atoms with E-state index < -0.39 is 42.9 Å². The average molecular weight is 530 g/mol. The first kappa shape index (κ1) is 26.8. The summed E-state index contributed by atoms with van der Waals surface area (Å²) in [4.78, 5) is 25.3. The van der Waals surface area contributed by atoms with Crippen LogP contribution in [0.5, 0.6) is 0 Å². The summed E-state index contributed by atoms with van der Waals surface area (Å²) >= 11 is 0. The molecule has 2 saturated heterocycles. The van der Waals surface area contributed by atoms with Crippen molar-refractivity contribution in [3.05, 3.63) is 114 Å². The SMILES string of the molecule is CC(=O)N[C@H]1[C@@H](OCc2ccccc2)O[C@@H]2CO[C@H](c3ccccc3)O[C@@H]2[C@H]1OC(=O)/C=C/c1ccccc1. The molecule has 0 saturated carbocycles. The van der Waals surface area contributed by atoms with Gasteiger partial charge in [0.2, 0.25) is 5.91 Å². The summed E-state index contributed by atoms with van der Waals surface area (Å²) in [6.07, 6.45) is -0.773. The predicted octanol–water partition coefficient (Wildman–Crippen LogP) is 4.17. The standard InChI is InChI=1S/C31H31NO7/c1-21(33)32-27-29(38-26(34)18-17-22-11-5-2-6-12-22)28-25(20-36-30(39-28)24-15-9-4-10-16-24)37-31(27)35-19-23-13-7-3-8-14-23/h2-18,25,27-31H,19-20H2,1H3,(H,32,33)/b18-17+/t25-,27-,28+,29+,30+,31+/m1/s1. The van der Waals surface area contributed by atoms with Gasteiger partial charge in [-0.25, -0.2) is 4.79 Å². The number of amides is 1. The summed E-state index contributed by atoms with van der Waals surface area (Å²) in [6.45, 7) is 1.82. The lowest BCUT2D eigenvalue weighted by atomic mass is 9.95. The monoisotopic (exact) mass is 529 g/mol. The highest BCUT2D eigenvalue weighted by Crippen LogP contribution is 2.36. The van der Waals surface area contributed by atoms with E-state index in [4.69, 9.17) is 23.7 Å². The van der Waals surface area contributed by atoms with Crippen LogP contribution < -0.4 is 5.32 Å². The Morgan fingerprint density at radius 2 is 1.59 bits per heavy atom. The minimum atomic E-state index is -0.910. The minimum Gasteiger partial charge on any atom is -0.454 e. The molecule has 2 aliphatic rings. The number of ether oxygens (including phenoxy) is 5. The van der Waals surface area contributed by atoms with Crippen molar-refractivity contribution in [1.82, 2.24) is 5.32 Å². The van der Waals surface area contributed by atoms with E-state index in [0.717, 1.165) is 16.7 Å². The largest absolute Gasteiger partial charge is 0.454 e. The number of benzene rings is 3. The summed E-state index contributed by atoms with van der Waals surface area (Å²) in [5.41, 5.74) is 2.61. The zero-order valence-electron chi connectivity index (χ0n) is 21.6. The van der Waals surface area contributed by atoms with Gasteiger partial charge in [0.1, 0.15) is 18.2 Å². The molecule has 2 fully saturated rings. The van der Waals surface area contributed by atoms with Crippen LogP contribution in [0.1, 0.15) is 29.9 Å². The number of nitrogens with one attached hydrogen (secondary N) is 1. The highest BCUT2D eigenvalue weighted by atomic mass is 16.8. The summed E-state index contributed by atoms with van der Waals surface area (Å²) in [7, 11) is 0. The van der Waals surface area contributed by atoms with Crippen molar-refractivity contribution in [2.24, 2.45) is 0 Å². The van der Waals surface area contributed by atoms with Crippen LogP contribution in [0.4, 0.5) is 0 Å². The van der Waals surface area contributed by atoms with E-state index in [9.17, 15) is 9.59 Å². The lowest BCUT2D eigenvalue weighted by molar-refractivity contribution is -0.346. The van der Waals surface area contributed by atoms with E-state index in [1.807, 2.05) is 91.0 Å². The van der Waals surface area contributed by atoms with Crippen LogP contribution in [-0.4, -0.2) is 49.1 Å². The highest BCUT2D eigenvalue weighted by Gasteiger charge is 2.52. The number of hydrogen-bond donors (Lipinski definition) is 1. The summed E-state index contributed by atoms with van der Waals surface area (Å²) in [5, 5.41) is 2.87. The van der Waals surface area contributed by atoms with E-state index >= 15 is 0 Å². The van der Waals surface area contributed by atoms with Gasteiger partial charge in [0, 0.05) is 18.6 Å².